The molecule has 2 rings (SSSR count). The smallest absolute Gasteiger partial charge is 0.326 e. The summed E-state index contributed by atoms with van der Waals surface area (Å²) in [4.78, 5) is 92.2. The molecule has 0 aliphatic carbocycles. The number of hydrogen-bond acceptors (Lipinski definition) is 9. The monoisotopic (exact) mass is 598 g/mol. The van der Waals surface area contributed by atoms with Gasteiger partial charge in [0.1, 0.15) is 18.1 Å². The Morgan fingerprint density at radius 3 is 1.95 bits per heavy atom. The zero-order valence-electron chi connectivity index (χ0n) is 24.6. The van der Waals surface area contributed by atoms with Crippen LogP contribution in [0.2, 0.25) is 0 Å². The molecule has 2 aliphatic heterocycles. The number of epoxide rings is 1. The summed E-state index contributed by atoms with van der Waals surface area (Å²) in [6.07, 6.45) is -1.02. The second-order valence-corrected chi connectivity index (χ2v) is 11.1. The Hall–Kier alpha value is -3.79. The fraction of sp³-hybridized carbons (Fsp3) is 0.731. The number of carboxylic acid groups (broad SMARTS) is 1. The number of hydrogen-bond donors (Lipinski definition) is 6. The summed E-state index contributed by atoms with van der Waals surface area (Å²) in [7, 11) is 1.24. The van der Waals surface area contributed by atoms with Crippen LogP contribution in [0.5, 0.6) is 0 Å². The van der Waals surface area contributed by atoms with E-state index in [-0.39, 0.29) is 37.8 Å². The van der Waals surface area contributed by atoms with E-state index < -0.39 is 78.3 Å². The molecule has 2 heterocycles. The van der Waals surface area contributed by atoms with Crippen LogP contribution in [-0.2, 0) is 43.1 Å². The fourth-order valence-corrected chi connectivity index (χ4v) is 4.58. The van der Waals surface area contributed by atoms with Gasteiger partial charge in [0, 0.05) is 6.54 Å². The first-order valence-electron chi connectivity index (χ1n) is 13.9. The largest absolute Gasteiger partial charge is 0.480 e. The molecule has 16 heteroatoms. The van der Waals surface area contributed by atoms with E-state index in [1.165, 1.54) is 12.0 Å². The lowest BCUT2D eigenvalue weighted by molar-refractivity contribution is -0.149. The molecule has 0 radical (unpaired) electrons. The zero-order chi connectivity index (χ0) is 31.6. The van der Waals surface area contributed by atoms with Crippen LogP contribution in [-0.4, -0.2) is 108 Å². The van der Waals surface area contributed by atoms with Gasteiger partial charge in [-0.15, -0.1) is 0 Å². The number of aliphatic carboxylic acids is 1. The second kappa shape index (κ2) is 16.0. The molecule has 42 heavy (non-hydrogen) atoms. The molecule has 0 saturated carbocycles. The van der Waals surface area contributed by atoms with Crippen molar-refractivity contribution in [3.05, 3.63) is 0 Å². The zero-order valence-corrected chi connectivity index (χ0v) is 24.6. The minimum Gasteiger partial charge on any atom is -0.480 e. The molecule has 2 aliphatic rings. The normalized spacial score (nSPS) is 20.8. The number of likely N-dealkylation sites (tertiary alicyclic amines) is 1. The lowest BCUT2D eigenvalue weighted by Crippen LogP contribution is -2.53. The van der Waals surface area contributed by atoms with Gasteiger partial charge in [-0.25, -0.2) is 10.3 Å². The summed E-state index contributed by atoms with van der Waals surface area (Å²) in [5.41, 5.74) is 2.03. The average molecular weight is 599 g/mol. The van der Waals surface area contributed by atoms with Gasteiger partial charge in [0.05, 0.1) is 20.2 Å². The van der Waals surface area contributed by atoms with Crippen LogP contribution in [0.1, 0.15) is 53.4 Å². The van der Waals surface area contributed by atoms with E-state index in [0.717, 1.165) is 0 Å². The number of carbonyl (C=O) groups excluding carboxylic acids is 6. The van der Waals surface area contributed by atoms with E-state index in [9.17, 15) is 38.7 Å². The number of amides is 6. The van der Waals surface area contributed by atoms with E-state index >= 15 is 0 Å². The molecular weight excluding hydrogens is 556 g/mol. The fourth-order valence-electron chi connectivity index (χ4n) is 4.58. The molecule has 0 unspecified atom stereocenters. The van der Waals surface area contributed by atoms with Gasteiger partial charge in [0.15, 0.2) is 12.2 Å². The minimum absolute atomic E-state index is 0.00393. The van der Waals surface area contributed by atoms with Crippen LogP contribution in [0.3, 0.4) is 0 Å². The average Bonchev–Trinajstić information content (AvgIpc) is 3.56. The van der Waals surface area contributed by atoms with Crippen molar-refractivity contribution in [1.29, 1.82) is 0 Å². The Labute approximate surface area is 243 Å². The maximum atomic E-state index is 13.2. The van der Waals surface area contributed by atoms with E-state index in [4.69, 9.17) is 4.74 Å². The third-order valence-electron chi connectivity index (χ3n) is 6.58. The van der Waals surface area contributed by atoms with Crippen molar-refractivity contribution in [3.63, 3.8) is 0 Å². The number of carboxylic acids is 1. The summed E-state index contributed by atoms with van der Waals surface area (Å²) >= 11 is 0. The predicted molar refractivity (Wildman–Crippen MR) is 145 cm³/mol. The van der Waals surface area contributed by atoms with Gasteiger partial charge in [-0.1, -0.05) is 27.7 Å². The number of nitrogens with zero attached hydrogens (tertiary/aromatic N) is 1. The summed E-state index contributed by atoms with van der Waals surface area (Å²) in [5, 5.41) is 19.3. The lowest BCUT2D eigenvalue weighted by atomic mass is 10.0. The Balaban J connectivity index is 1.94. The first-order valence-corrected chi connectivity index (χ1v) is 13.9. The van der Waals surface area contributed by atoms with E-state index in [0.29, 0.717) is 12.8 Å². The Kier molecular flexibility index (Phi) is 13.1. The molecular formula is C26H42N6O10. The van der Waals surface area contributed by atoms with Crippen molar-refractivity contribution in [2.45, 2.75) is 83.7 Å². The number of nitrogens with one attached hydrogen (secondary N) is 5. The quantitative estimate of drug-likeness (QED) is 0.0830. The minimum atomic E-state index is -1.19. The topological polar surface area (TPSA) is 225 Å². The van der Waals surface area contributed by atoms with Crippen molar-refractivity contribution in [2.75, 3.05) is 26.7 Å². The summed E-state index contributed by atoms with van der Waals surface area (Å²) in [6.45, 7) is 6.85. The van der Waals surface area contributed by atoms with E-state index in [2.05, 4.69) is 26.1 Å². The molecule has 0 aromatic carbocycles. The van der Waals surface area contributed by atoms with Crippen LogP contribution in [0.4, 0.5) is 0 Å². The molecule has 2 saturated heterocycles. The number of hydroxylamine groups is 1. The van der Waals surface area contributed by atoms with Crippen molar-refractivity contribution in [3.8, 4) is 0 Å². The van der Waals surface area contributed by atoms with Gasteiger partial charge >= 0.3 is 5.97 Å². The highest BCUT2D eigenvalue weighted by Crippen LogP contribution is 2.25. The third kappa shape index (κ3) is 10.6. The van der Waals surface area contributed by atoms with Crippen molar-refractivity contribution >= 4 is 41.4 Å². The van der Waals surface area contributed by atoms with Gasteiger partial charge in [-0.2, -0.15) is 0 Å². The standard InChI is InChI=1S/C26H42N6O10/c1-13(2)9-15(22(35)28-11-18(33)27-12-19(34)31-41-5)29-23(36)20-21(42-20)24(37)30-16(10-14(3)4)25(38)32-8-6-7-17(32)26(39)40/h13-17,20-21H,6-12H2,1-5H3,(H,27,33)(H,28,35)(H,29,36)(H,30,37)(H,31,34)(H,39,40)/t15-,16-,17-,20-,21-/m0/s1. The Bertz CT molecular complexity index is 1040. The van der Waals surface area contributed by atoms with E-state index in [1.807, 2.05) is 33.2 Å². The van der Waals surface area contributed by atoms with Crippen molar-refractivity contribution in [1.82, 2.24) is 31.6 Å². The molecule has 236 valence electrons. The van der Waals surface area contributed by atoms with Gasteiger partial charge in [0.2, 0.25) is 17.7 Å². The van der Waals surface area contributed by atoms with Crippen LogP contribution in [0.15, 0.2) is 0 Å². The first kappa shape index (κ1) is 34.4. The molecule has 0 spiro atoms. The van der Waals surface area contributed by atoms with E-state index in [1.54, 1.807) is 0 Å². The number of carbonyl (C=O) groups is 7. The lowest BCUT2D eigenvalue weighted by Gasteiger charge is -2.28. The molecule has 0 aromatic rings. The predicted octanol–water partition coefficient (Wildman–Crippen LogP) is -2.20. The van der Waals surface area contributed by atoms with Gasteiger partial charge in [-0.05, 0) is 37.5 Å². The molecule has 0 bridgehead atoms. The van der Waals surface area contributed by atoms with Crippen molar-refractivity contribution in [2.24, 2.45) is 11.8 Å². The highest BCUT2D eigenvalue weighted by molar-refractivity contribution is 5.99. The highest BCUT2D eigenvalue weighted by atomic mass is 16.6. The highest BCUT2D eigenvalue weighted by Gasteiger charge is 2.52. The number of ether oxygens (including phenoxy) is 1. The van der Waals surface area contributed by atoms with Crippen LogP contribution in [0.25, 0.3) is 0 Å². The Morgan fingerprint density at radius 2 is 1.40 bits per heavy atom. The number of rotatable bonds is 16. The summed E-state index contributed by atoms with van der Waals surface area (Å²) in [5.74, 6) is -4.90. The maximum absolute atomic E-state index is 13.2. The first-order chi connectivity index (χ1) is 19.7. The SMILES string of the molecule is CONC(=O)CNC(=O)CNC(=O)[C@H](CC(C)C)NC(=O)[C@H]1O[C@@H]1C(=O)N[C@@H](CC(C)C)C(=O)N1CCC[C@H]1C(=O)O. The molecule has 2 fully saturated rings. The molecule has 5 atom stereocenters. The van der Waals surface area contributed by atoms with Crippen LogP contribution < -0.4 is 26.7 Å². The van der Waals surface area contributed by atoms with Crippen LogP contribution in [0, 0.1) is 11.8 Å². The molecule has 6 N–H and O–H groups in total. The van der Waals surface area contributed by atoms with Gasteiger partial charge in [0.25, 0.3) is 17.7 Å². The van der Waals surface area contributed by atoms with Crippen molar-refractivity contribution < 1.29 is 48.2 Å². The molecule has 0 aromatic heterocycles. The summed E-state index contributed by atoms with van der Waals surface area (Å²) < 4.78 is 5.28. The van der Waals surface area contributed by atoms with Gasteiger partial charge < -0.3 is 36.0 Å². The molecule has 16 nitrogen and oxygen atoms in total. The maximum Gasteiger partial charge on any atom is 0.326 e. The second-order valence-electron chi connectivity index (χ2n) is 11.1. The van der Waals surface area contributed by atoms with Crippen LogP contribution >= 0.6 is 0 Å². The Morgan fingerprint density at radius 1 is 0.857 bits per heavy atom. The third-order valence-corrected chi connectivity index (χ3v) is 6.58. The summed E-state index contributed by atoms with van der Waals surface area (Å²) in [6, 6.07) is -2.98. The molecule has 6 amide bonds. The van der Waals surface area contributed by atoms with Gasteiger partial charge in [-0.3, -0.25) is 33.6 Å².